The van der Waals surface area contributed by atoms with Gasteiger partial charge < -0.3 is 5.32 Å². The van der Waals surface area contributed by atoms with Crippen LogP contribution in [-0.2, 0) is 16.6 Å². The fourth-order valence-electron chi connectivity index (χ4n) is 1.92. The first kappa shape index (κ1) is 11.6. The molecule has 1 aromatic heterocycles. The lowest BCUT2D eigenvalue weighted by Crippen LogP contribution is -2.35. The summed E-state index contributed by atoms with van der Waals surface area (Å²) in [6.45, 7) is 2.44. The number of carbonyl (C=O) groups is 2. The smallest absolute Gasteiger partial charge is 0.252 e. The quantitative estimate of drug-likeness (QED) is 0.767. The van der Waals surface area contributed by atoms with E-state index in [1.54, 1.807) is 24.0 Å². The summed E-state index contributed by atoms with van der Waals surface area (Å²) in [4.78, 5) is 24.9. The highest BCUT2D eigenvalue weighted by atomic mass is 16.2. The molecule has 2 heterocycles. The number of hydrogen-bond acceptors (Lipinski definition) is 4. The number of aryl methyl sites for hydroxylation is 1. The van der Waals surface area contributed by atoms with Crippen LogP contribution in [0.15, 0.2) is 12.3 Å². The Labute approximate surface area is 99.6 Å². The first-order valence-electron chi connectivity index (χ1n) is 5.72. The molecule has 0 aliphatic carbocycles. The lowest BCUT2D eigenvalue weighted by molar-refractivity contribution is -0.138. The second-order valence-corrected chi connectivity index (χ2v) is 4.16. The molecule has 1 fully saturated rings. The minimum atomic E-state index is -0.469. The minimum absolute atomic E-state index is 0.106. The highest BCUT2D eigenvalue weighted by molar-refractivity contribution is 6.06. The van der Waals surface area contributed by atoms with Crippen molar-refractivity contribution in [3.05, 3.63) is 12.3 Å². The van der Waals surface area contributed by atoms with Gasteiger partial charge in [-0.3, -0.25) is 19.2 Å². The van der Waals surface area contributed by atoms with E-state index in [2.05, 4.69) is 10.4 Å². The first-order chi connectivity index (χ1) is 8.11. The number of rotatable bonds is 4. The minimum Gasteiger partial charge on any atom is -0.356 e. The number of likely N-dealkylation sites (tertiary alicyclic amines) is 1. The van der Waals surface area contributed by atoms with E-state index in [0.29, 0.717) is 12.4 Å². The number of amides is 2. The van der Waals surface area contributed by atoms with E-state index >= 15 is 0 Å². The second kappa shape index (κ2) is 4.57. The Morgan fingerprint density at radius 2 is 2.29 bits per heavy atom. The Balaban J connectivity index is 2.04. The maximum absolute atomic E-state index is 11.9. The van der Waals surface area contributed by atoms with Gasteiger partial charge in [0, 0.05) is 25.9 Å². The monoisotopic (exact) mass is 236 g/mol. The van der Waals surface area contributed by atoms with E-state index in [9.17, 15) is 9.59 Å². The third-order valence-electron chi connectivity index (χ3n) is 2.73. The van der Waals surface area contributed by atoms with Crippen molar-refractivity contribution in [2.45, 2.75) is 25.8 Å². The molecule has 0 saturated carbocycles. The van der Waals surface area contributed by atoms with E-state index < -0.39 is 6.04 Å². The Kier molecular flexibility index (Phi) is 3.12. The van der Waals surface area contributed by atoms with Crippen molar-refractivity contribution >= 4 is 17.6 Å². The molecule has 1 unspecified atom stereocenters. The molecule has 0 aromatic carbocycles. The number of anilines is 1. The average Bonchev–Trinajstić information content (AvgIpc) is 2.79. The van der Waals surface area contributed by atoms with Crippen molar-refractivity contribution in [3.8, 4) is 0 Å². The molecule has 1 aromatic rings. The van der Waals surface area contributed by atoms with Gasteiger partial charge in [-0.05, 0) is 6.42 Å². The average molecular weight is 236 g/mol. The Morgan fingerprint density at radius 1 is 1.53 bits per heavy atom. The van der Waals surface area contributed by atoms with Gasteiger partial charge in [0.25, 0.3) is 5.91 Å². The van der Waals surface area contributed by atoms with Crippen LogP contribution in [0.2, 0.25) is 0 Å². The largest absolute Gasteiger partial charge is 0.356 e. The summed E-state index contributed by atoms with van der Waals surface area (Å²) in [5, 5.41) is 7.11. The zero-order valence-electron chi connectivity index (χ0n) is 10.0. The van der Waals surface area contributed by atoms with Crippen molar-refractivity contribution in [2.24, 2.45) is 7.05 Å². The van der Waals surface area contributed by atoms with Crippen LogP contribution in [0.4, 0.5) is 5.82 Å². The summed E-state index contributed by atoms with van der Waals surface area (Å²) in [5.74, 6) is 0.366. The van der Waals surface area contributed by atoms with Gasteiger partial charge in [0.05, 0.1) is 6.42 Å². The van der Waals surface area contributed by atoms with Gasteiger partial charge in [-0.1, -0.05) is 6.92 Å². The molecule has 1 saturated heterocycles. The third-order valence-corrected chi connectivity index (χ3v) is 2.73. The van der Waals surface area contributed by atoms with Crippen LogP contribution in [0, 0.1) is 0 Å². The molecule has 6 nitrogen and oxygen atoms in total. The maximum Gasteiger partial charge on any atom is 0.252 e. The number of aromatic nitrogens is 2. The maximum atomic E-state index is 11.9. The number of carbonyl (C=O) groups excluding carboxylic acids is 2. The highest BCUT2D eigenvalue weighted by Gasteiger charge is 2.38. The molecule has 1 aliphatic heterocycles. The van der Waals surface area contributed by atoms with E-state index in [-0.39, 0.29) is 18.2 Å². The Morgan fingerprint density at radius 3 is 2.88 bits per heavy atom. The molecular weight excluding hydrogens is 220 g/mol. The van der Waals surface area contributed by atoms with Crippen LogP contribution in [0.3, 0.4) is 0 Å². The lowest BCUT2D eigenvalue weighted by Gasteiger charge is -2.13. The summed E-state index contributed by atoms with van der Waals surface area (Å²) in [5.41, 5.74) is 0. The van der Waals surface area contributed by atoms with Crippen LogP contribution >= 0.6 is 0 Å². The molecule has 0 spiro atoms. The van der Waals surface area contributed by atoms with E-state index in [1.165, 1.54) is 4.90 Å². The van der Waals surface area contributed by atoms with Crippen molar-refractivity contribution < 1.29 is 9.59 Å². The van der Waals surface area contributed by atoms with Crippen LogP contribution in [0.5, 0.6) is 0 Å². The topological polar surface area (TPSA) is 67.2 Å². The number of nitrogens with zero attached hydrogens (tertiary/aromatic N) is 3. The molecule has 6 heteroatoms. The summed E-state index contributed by atoms with van der Waals surface area (Å²) in [6, 6.07) is 1.31. The van der Waals surface area contributed by atoms with Crippen LogP contribution in [0.1, 0.15) is 19.8 Å². The van der Waals surface area contributed by atoms with Gasteiger partial charge in [-0.15, -0.1) is 0 Å². The molecule has 92 valence electrons. The Hall–Kier alpha value is -1.85. The predicted molar refractivity (Wildman–Crippen MR) is 62.2 cm³/mol. The van der Waals surface area contributed by atoms with E-state index in [4.69, 9.17) is 0 Å². The molecule has 0 radical (unpaired) electrons. The standard InChI is InChI=1S/C11H16N4O2/c1-3-5-15-10(16)7-8(11(15)17)12-9-4-6-14(2)13-9/h4,6,8H,3,5,7H2,1-2H3,(H,12,13). The molecule has 17 heavy (non-hydrogen) atoms. The summed E-state index contributed by atoms with van der Waals surface area (Å²) in [6.07, 6.45) is 2.79. The zero-order valence-corrected chi connectivity index (χ0v) is 10.0. The lowest BCUT2D eigenvalue weighted by atomic mass is 10.2. The van der Waals surface area contributed by atoms with Gasteiger partial charge in [-0.25, -0.2) is 0 Å². The van der Waals surface area contributed by atoms with Gasteiger partial charge in [0.2, 0.25) is 5.91 Å². The molecule has 1 aliphatic rings. The predicted octanol–water partition coefficient (Wildman–Crippen LogP) is 0.369. The first-order valence-corrected chi connectivity index (χ1v) is 5.72. The molecule has 0 bridgehead atoms. The van der Waals surface area contributed by atoms with Crippen LogP contribution in [-0.4, -0.2) is 39.1 Å². The van der Waals surface area contributed by atoms with Gasteiger partial charge in [0.15, 0.2) is 0 Å². The fourth-order valence-corrected chi connectivity index (χ4v) is 1.92. The SMILES string of the molecule is CCCN1C(=O)CC(Nc2ccn(C)n2)C1=O. The van der Waals surface area contributed by atoms with Crippen LogP contribution in [0.25, 0.3) is 0 Å². The van der Waals surface area contributed by atoms with Crippen molar-refractivity contribution in [1.82, 2.24) is 14.7 Å². The van der Waals surface area contributed by atoms with Gasteiger partial charge in [-0.2, -0.15) is 5.10 Å². The Bertz CT molecular complexity index is 440. The molecule has 2 amide bonds. The second-order valence-electron chi connectivity index (χ2n) is 4.16. The number of imide groups is 1. The summed E-state index contributed by atoms with van der Waals surface area (Å²) in [7, 11) is 1.80. The van der Waals surface area contributed by atoms with E-state index in [1.807, 2.05) is 6.92 Å². The molecule has 1 N–H and O–H groups in total. The van der Waals surface area contributed by atoms with Crippen molar-refractivity contribution in [1.29, 1.82) is 0 Å². The van der Waals surface area contributed by atoms with Crippen molar-refractivity contribution in [3.63, 3.8) is 0 Å². The van der Waals surface area contributed by atoms with Gasteiger partial charge in [0.1, 0.15) is 11.9 Å². The number of hydrogen-bond donors (Lipinski definition) is 1. The summed E-state index contributed by atoms with van der Waals surface area (Å²) >= 11 is 0. The van der Waals surface area contributed by atoms with Crippen LogP contribution < -0.4 is 5.32 Å². The fraction of sp³-hybridized carbons (Fsp3) is 0.545. The molecule has 2 rings (SSSR count). The number of nitrogens with one attached hydrogen (secondary N) is 1. The highest BCUT2D eigenvalue weighted by Crippen LogP contribution is 2.17. The van der Waals surface area contributed by atoms with Crippen molar-refractivity contribution in [2.75, 3.05) is 11.9 Å². The zero-order chi connectivity index (χ0) is 12.4. The normalized spacial score (nSPS) is 20.1. The van der Waals surface area contributed by atoms with Gasteiger partial charge >= 0.3 is 0 Å². The molecule has 1 atom stereocenters. The third kappa shape index (κ3) is 2.30. The van der Waals surface area contributed by atoms with E-state index in [0.717, 1.165) is 6.42 Å². The molecular formula is C11H16N4O2. The summed E-state index contributed by atoms with van der Waals surface area (Å²) < 4.78 is 1.65.